The van der Waals surface area contributed by atoms with Crippen molar-refractivity contribution in [3.63, 3.8) is 0 Å². The van der Waals surface area contributed by atoms with Gasteiger partial charge in [0.25, 0.3) is 0 Å². The zero-order chi connectivity index (χ0) is 19.7. The number of thioether (sulfide) groups is 1. The molecule has 28 heavy (non-hydrogen) atoms. The van der Waals surface area contributed by atoms with Crippen molar-refractivity contribution in [1.29, 1.82) is 10.8 Å². The second-order valence-corrected chi connectivity index (χ2v) is 7.54. The maximum Gasteiger partial charge on any atom is 0.201 e. The molecule has 144 valence electrons. The lowest BCUT2D eigenvalue weighted by Crippen LogP contribution is -2.32. The highest BCUT2D eigenvalue weighted by molar-refractivity contribution is 7.98. The van der Waals surface area contributed by atoms with Crippen molar-refractivity contribution < 1.29 is 4.74 Å². The van der Waals surface area contributed by atoms with Crippen LogP contribution in [0.5, 0.6) is 5.88 Å². The topological polar surface area (TPSA) is 105 Å². The molecule has 0 aliphatic carbocycles. The van der Waals surface area contributed by atoms with Gasteiger partial charge in [-0.05, 0) is 24.8 Å². The Labute approximate surface area is 170 Å². The maximum atomic E-state index is 8.66. The Morgan fingerprint density at radius 1 is 1.36 bits per heavy atom. The minimum Gasteiger partial charge on any atom is -0.478 e. The smallest absolute Gasteiger partial charge is 0.201 e. The van der Waals surface area contributed by atoms with Crippen LogP contribution in [0.15, 0.2) is 41.9 Å². The van der Waals surface area contributed by atoms with Gasteiger partial charge in [0, 0.05) is 29.9 Å². The molecule has 1 atom stereocenters. The van der Waals surface area contributed by atoms with Crippen LogP contribution in [0.25, 0.3) is 11.3 Å². The molecule has 0 bridgehead atoms. The first kappa shape index (κ1) is 18.7. The number of nitrogens with zero attached hydrogens (tertiary/aromatic N) is 5. The predicted molar refractivity (Wildman–Crippen MR) is 107 cm³/mol. The van der Waals surface area contributed by atoms with E-state index in [1.165, 1.54) is 16.3 Å². The second kappa shape index (κ2) is 7.76. The molecular weight excluding hydrogens is 398 g/mol. The highest BCUT2D eigenvalue weighted by Crippen LogP contribution is 2.25. The van der Waals surface area contributed by atoms with Crippen molar-refractivity contribution in [2.75, 3.05) is 12.9 Å². The number of aromatic nitrogens is 5. The van der Waals surface area contributed by atoms with Crippen LogP contribution < -0.4 is 10.2 Å². The third kappa shape index (κ3) is 3.67. The van der Waals surface area contributed by atoms with E-state index in [2.05, 4.69) is 15.1 Å². The number of hydrogen-bond donors (Lipinski definition) is 2. The minimum absolute atomic E-state index is 0.140. The summed E-state index contributed by atoms with van der Waals surface area (Å²) in [4.78, 5) is 8.68. The molecule has 4 heterocycles. The molecule has 0 amide bonds. The average molecular weight is 416 g/mol. The molecule has 1 aliphatic heterocycles. The van der Waals surface area contributed by atoms with Crippen LogP contribution in [0, 0.1) is 16.7 Å². The number of rotatable bonds is 4. The van der Waals surface area contributed by atoms with E-state index in [1.807, 2.05) is 12.3 Å². The summed E-state index contributed by atoms with van der Waals surface area (Å²) in [5, 5.41) is 22.6. The zero-order valence-corrected chi connectivity index (χ0v) is 16.7. The Bertz CT molecular complexity index is 1090. The largest absolute Gasteiger partial charge is 0.478 e. The summed E-state index contributed by atoms with van der Waals surface area (Å²) in [6, 6.07) is 5.32. The summed E-state index contributed by atoms with van der Waals surface area (Å²) in [6.07, 6.45) is 7.57. The van der Waals surface area contributed by atoms with Gasteiger partial charge >= 0.3 is 0 Å². The van der Waals surface area contributed by atoms with Gasteiger partial charge in [-0.15, -0.1) is 0 Å². The van der Waals surface area contributed by atoms with Gasteiger partial charge in [0.2, 0.25) is 5.88 Å². The van der Waals surface area contributed by atoms with E-state index in [-0.39, 0.29) is 11.4 Å². The molecule has 0 spiro atoms. The molecule has 0 saturated heterocycles. The fourth-order valence-electron chi connectivity index (χ4n) is 3.14. The van der Waals surface area contributed by atoms with Crippen LogP contribution in [-0.2, 0) is 6.54 Å². The Hall–Kier alpha value is -2.65. The van der Waals surface area contributed by atoms with Crippen LogP contribution >= 0.6 is 23.4 Å². The maximum absolute atomic E-state index is 8.66. The lowest BCUT2D eigenvalue weighted by molar-refractivity contribution is 0.286. The molecule has 0 aromatic carbocycles. The first-order valence-corrected chi connectivity index (χ1v) is 10.2. The van der Waals surface area contributed by atoms with E-state index in [1.54, 1.807) is 35.4 Å². The van der Waals surface area contributed by atoms with E-state index in [0.29, 0.717) is 41.5 Å². The molecular formula is C18H18ClN7OS. The first-order chi connectivity index (χ1) is 13.5. The predicted octanol–water partition coefficient (Wildman–Crippen LogP) is 2.92. The molecule has 3 aromatic heterocycles. The van der Waals surface area contributed by atoms with Crippen LogP contribution in [0.3, 0.4) is 0 Å². The zero-order valence-electron chi connectivity index (χ0n) is 15.1. The van der Waals surface area contributed by atoms with Gasteiger partial charge in [-0.3, -0.25) is 20.1 Å². The molecule has 0 saturated carbocycles. The summed E-state index contributed by atoms with van der Waals surface area (Å²) < 4.78 is 9.14. The number of hydrogen-bond acceptors (Lipinski definition) is 7. The van der Waals surface area contributed by atoms with E-state index in [4.69, 9.17) is 27.2 Å². The van der Waals surface area contributed by atoms with Crippen molar-refractivity contribution in [3.05, 3.63) is 47.3 Å². The molecule has 1 aliphatic rings. The molecule has 2 N–H and O–H groups in total. The van der Waals surface area contributed by atoms with Gasteiger partial charge in [0.15, 0.2) is 5.16 Å². The van der Waals surface area contributed by atoms with E-state index in [9.17, 15) is 0 Å². The number of nitrogens with one attached hydrogen (secondary N) is 2. The van der Waals surface area contributed by atoms with Crippen molar-refractivity contribution in [2.24, 2.45) is 5.92 Å². The number of pyridine rings is 1. The van der Waals surface area contributed by atoms with E-state index < -0.39 is 0 Å². The van der Waals surface area contributed by atoms with Crippen LogP contribution in [0.4, 0.5) is 0 Å². The van der Waals surface area contributed by atoms with Gasteiger partial charge < -0.3 is 4.74 Å². The van der Waals surface area contributed by atoms with Crippen molar-refractivity contribution in [2.45, 2.75) is 18.1 Å². The summed E-state index contributed by atoms with van der Waals surface area (Å²) >= 11 is 7.40. The number of halogens is 1. The summed E-state index contributed by atoms with van der Waals surface area (Å²) in [6.45, 7) is 0.955. The summed E-state index contributed by atoms with van der Waals surface area (Å²) in [5.74, 6) is 0.639. The quantitative estimate of drug-likeness (QED) is 0.503. The van der Waals surface area contributed by atoms with Gasteiger partial charge in [0.05, 0.1) is 30.1 Å². The third-order valence-corrected chi connectivity index (χ3v) is 5.25. The van der Waals surface area contributed by atoms with Gasteiger partial charge in [-0.1, -0.05) is 23.4 Å². The number of ether oxygens (including phenoxy) is 1. The molecule has 10 heteroatoms. The Morgan fingerprint density at radius 3 is 2.96 bits per heavy atom. The lowest BCUT2D eigenvalue weighted by atomic mass is 10.0. The summed E-state index contributed by atoms with van der Waals surface area (Å²) in [5.41, 5.74) is 1.66. The molecule has 0 fully saturated rings. The molecule has 4 rings (SSSR count). The number of fused-ring (bicyclic) bond motifs is 1. The van der Waals surface area contributed by atoms with E-state index in [0.717, 1.165) is 11.3 Å². The monoisotopic (exact) mass is 415 g/mol. The average Bonchev–Trinajstić information content (AvgIpc) is 3.03. The Balaban J connectivity index is 1.69. The minimum atomic E-state index is -0.140. The van der Waals surface area contributed by atoms with Crippen molar-refractivity contribution in [1.82, 2.24) is 24.3 Å². The van der Waals surface area contributed by atoms with Gasteiger partial charge in [-0.25, -0.2) is 9.97 Å². The fraction of sp³-hybridized carbons (Fsp3) is 0.278. The fourth-order valence-corrected chi connectivity index (χ4v) is 3.65. The SMILES string of the molecule is CSc1nccc(-c2cc3n(c(=N)c2)C(=N)C(Cn2cc(Cl)cn2)CCO3)n1. The van der Waals surface area contributed by atoms with Crippen LogP contribution in [-0.4, -0.2) is 43.0 Å². The van der Waals surface area contributed by atoms with Gasteiger partial charge in [0.1, 0.15) is 11.3 Å². The molecule has 3 aromatic rings. The third-order valence-electron chi connectivity index (χ3n) is 4.50. The summed E-state index contributed by atoms with van der Waals surface area (Å²) in [7, 11) is 0. The Kier molecular flexibility index (Phi) is 5.19. The second-order valence-electron chi connectivity index (χ2n) is 6.33. The van der Waals surface area contributed by atoms with Gasteiger partial charge in [-0.2, -0.15) is 5.10 Å². The highest BCUT2D eigenvalue weighted by atomic mass is 35.5. The van der Waals surface area contributed by atoms with Crippen molar-refractivity contribution in [3.8, 4) is 17.1 Å². The van der Waals surface area contributed by atoms with E-state index >= 15 is 0 Å². The van der Waals surface area contributed by atoms with Crippen LogP contribution in [0.2, 0.25) is 5.02 Å². The standard InChI is InChI=1S/C18H18ClN7OS/c1-28-18-22-4-2-14(24-18)12-6-15(20)26-16(7-12)27-5-3-11(17(26)21)9-25-10-13(19)8-23-25/h2,4,6-8,10-11,20-21H,3,5,9H2,1H3. The highest BCUT2D eigenvalue weighted by Gasteiger charge is 2.25. The lowest BCUT2D eigenvalue weighted by Gasteiger charge is -2.17. The molecule has 1 unspecified atom stereocenters. The normalized spacial score (nSPS) is 16.4. The molecule has 8 nitrogen and oxygen atoms in total. The van der Waals surface area contributed by atoms with Crippen LogP contribution in [0.1, 0.15) is 6.42 Å². The first-order valence-electron chi connectivity index (χ1n) is 8.64. The molecule has 0 radical (unpaired) electrons. The Morgan fingerprint density at radius 2 is 2.21 bits per heavy atom. The van der Waals surface area contributed by atoms with Crippen molar-refractivity contribution >= 4 is 29.2 Å².